The molecule has 4 aromatic carbocycles. The highest BCUT2D eigenvalue weighted by Gasteiger charge is 2.31. The van der Waals surface area contributed by atoms with Gasteiger partial charge < -0.3 is 14.9 Å². The monoisotopic (exact) mass is 508 g/mol. The highest BCUT2D eigenvalue weighted by molar-refractivity contribution is 6.33. The van der Waals surface area contributed by atoms with Gasteiger partial charge >= 0.3 is 6.18 Å². The predicted molar refractivity (Wildman–Crippen MR) is 136 cm³/mol. The summed E-state index contributed by atoms with van der Waals surface area (Å²) in [6, 6.07) is 19.9. The summed E-state index contributed by atoms with van der Waals surface area (Å²) in [7, 11) is 1.59. The van der Waals surface area contributed by atoms with Crippen LogP contribution in [0.15, 0.2) is 77.2 Å². The van der Waals surface area contributed by atoms with Gasteiger partial charge in [-0.25, -0.2) is 4.98 Å². The Balaban J connectivity index is 1.61. The molecule has 0 saturated carbocycles. The molecule has 1 aromatic heterocycles. The number of methoxy groups -OCH3 is 1. The third kappa shape index (κ3) is 4.38. The van der Waals surface area contributed by atoms with Crippen molar-refractivity contribution in [2.75, 3.05) is 12.8 Å². The number of hydrogen-bond acceptors (Lipinski definition) is 4. The van der Waals surface area contributed by atoms with E-state index in [0.717, 1.165) is 39.9 Å². The van der Waals surface area contributed by atoms with Crippen LogP contribution in [0.4, 0.5) is 18.9 Å². The molecule has 0 radical (unpaired) electrons. The van der Waals surface area contributed by atoms with Crippen molar-refractivity contribution < 1.29 is 22.3 Å². The first-order valence-electron chi connectivity index (χ1n) is 11.0. The second-order valence-corrected chi connectivity index (χ2v) is 8.79. The number of oxazole rings is 1. The molecule has 0 aliphatic rings. The normalized spacial score (nSPS) is 11.7. The molecular weight excluding hydrogens is 489 g/mol. The molecule has 0 amide bonds. The van der Waals surface area contributed by atoms with Crippen LogP contribution in [0.3, 0.4) is 0 Å². The van der Waals surface area contributed by atoms with E-state index in [0.29, 0.717) is 22.0 Å². The van der Waals surface area contributed by atoms with Gasteiger partial charge in [-0.2, -0.15) is 13.2 Å². The van der Waals surface area contributed by atoms with Gasteiger partial charge in [0, 0.05) is 22.4 Å². The zero-order valence-corrected chi connectivity index (χ0v) is 20.0. The second kappa shape index (κ2) is 8.91. The first kappa shape index (κ1) is 23.8. The number of nitrogens with two attached hydrogens (primary N) is 1. The molecule has 5 aromatic rings. The largest absolute Gasteiger partial charge is 0.496 e. The van der Waals surface area contributed by atoms with Crippen molar-refractivity contribution in [1.29, 1.82) is 0 Å². The number of nitrogen functional groups attached to an aromatic ring is 1. The van der Waals surface area contributed by atoms with Gasteiger partial charge in [-0.05, 0) is 78.2 Å². The Morgan fingerprint density at radius 2 is 1.67 bits per heavy atom. The number of anilines is 1. The van der Waals surface area contributed by atoms with E-state index >= 15 is 0 Å². The Kier molecular flexibility index (Phi) is 5.88. The van der Waals surface area contributed by atoms with Gasteiger partial charge in [-0.15, -0.1) is 0 Å². The average Bonchev–Trinajstić information content (AvgIpc) is 3.27. The van der Waals surface area contributed by atoms with Crippen molar-refractivity contribution in [3.05, 3.63) is 88.9 Å². The summed E-state index contributed by atoms with van der Waals surface area (Å²) in [6.45, 7) is 1.97. The zero-order valence-electron chi connectivity index (χ0n) is 19.3. The van der Waals surface area contributed by atoms with Crippen LogP contribution >= 0.6 is 11.6 Å². The minimum atomic E-state index is -4.46. The average molecular weight is 509 g/mol. The summed E-state index contributed by atoms with van der Waals surface area (Å²) in [5, 5.41) is 0.535. The molecule has 0 aliphatic heterocycles. The molecule has 0 saturated heterocycles. The van der Waals surface area contributed by atoms with Crippen LogP contribution in [-0.2, 0) is 6.18 Å². The van der Waals surface area contributed by atoms with Gasteiger partial charge in [0.25, 0.3) is 0 Å². The first-order valence-corrected chi connectivity index (χ1v) is 11.3. The molecule has 0 aliphatic carbocycles. The lowest BCUT2D eigenvalue weighted by Crippen LogP contribution is -2.03. The van der Waals surface area contributed by atoms with E-state index in [4.69, 9.17) is 26.5 Å². The number of halogens is 4. The highest BCUT2D eigenvalue weighted by Crippen LogP contribution is 2.40. The van der Waals surface area contributed by atoms with E-state index in [1.54, 1.807) is 25.3 Å². The predicted octanol–water partition coefficient (Wildman–Crippen LogP) is 8.40. The summed E-state index contributed by atoms with van der Waals surface area (Å²) in [4.78, 5) is 4.31. The molecule has 0 bridgehead atoms. The third-order valence-electron chi connectivity index (χ3n) is 5.97. The maximum atomic E-state index is 13.1. The smallest absolute Gasteiger partial charge is 0.416 e. The van der Waals surface area contributed by atoms with E-state index in [1.807, 2.05) is 43.3 Å². The van der Waals surface area contributed by atoms with Crippen molar-refractivity contribution in [2.45, 2.75) is 13.1 Å². The Labute approximate surface area is 210 Å². The quantitative estimate of drug-likeness (QED) is 0.247. The van der Waals surface area contributed by atoms with E-state index < -0.39 is 11.7 Å². The summed E-state index contributed by atoms with van der Waals surface area (Å²) in [5.41, 5.74) is 11.0. The Morgan fingerprint density at radius 3 is 2.39 bits per heavy atom. The molecule has 1 heterocycles. The van der Waals surface area contributed by atoms with Crippen LogP contribution in [-0.4, -0.2) is 12.1 Å². The van der Waals surface area contributed by atoms with Crippen LogP contribution < -0.4 is 10.5 Å². The molecule has 0 unspecified atom stereocenters. The SMILES string of the molecule is COc1cc(C)c(-c2ccc(N)cc2Cl)cc1-c1cccc(-c2nc3cc(C(F)(F)F)ccc3o2)c1. The highest BCUT2D eigenvalue weighted by atomic mass is 35.5. The molecule has 5 rings (SSSR count). The number of benzene rings is 4. The molecule has 8 heteroatoms. The lowest BCUT2D eigenvalue weighted by Gasteiger charge is -2.16. The van der Waals surface area contributed by atoms with Gasteiger partial charge in [0.2, 0.25) is 5.89 Å². The van der Waals surface area contributed by atoms with Crippen molar-refractivity contribution in [3.8, 4) is 39.5 Å². The van der Waals surface area contributed by atoms with E-state index in [-0.39, 0.29) is 17.0 Å². The Morgan fingerprint density at radius 1 is 0.889 bits per heavy atom. The lowest BCUT2D eigenvalue weighted by atomic mass is 9.93. The number of ether oxygens (including phenoxy) is 1. The van der Waals surface area contributed by atoms with E-state index in [2.05, 4.69) is 4.98 Å². The van der Waals surface area contributed by atoms with Crippen LogP contribution in [0.2, 0.25) is 5.02 Å². The number of aromatic nitrogens is 1. The Hall–Kier alpha value is -3.97. The maximum Gasteiger partial charge on any atom is 0.416 e. The van der Waals surface area contributed by atoms with Gasteiger partial charge in [0.05, 0.1) is 17.7 Å². The fourth-order valence-electron chi connectivity index (χ4n) is 4.16. The van der Waals surface area contributed by atoms with E-state index in [9.17, 15) is 13.2 Å². The lowest BCUT2D eigenvalue weighted by molar-refractivity contribution is -0.137. The number of aryl methyl sites for hydroxylation is 1. The van der Waals surface area contributed by atoms with Gasteiger partial charge in [0.15, 0.2) is 5.58 Å². The number of rotatable bonds is 4. The van der Waals surface area contributed by atoms with Gasteiger partial charge in [-0.1, -0.05) is 29.8 Å². The third-order valence-corrected chi connectivity index (χ3v) is 6.28. The van der Waals surface area contributed by atoms with Crippen molar-refractivity contribution >= 4 is 28.4 Å². The number of hydrogen-bond donors (Lipinski definition) is 1. The molecule has 36 heavy (non-hydrogen) atoms. The first-order chi connectivity index (χ1) is 17.1. The van der Waals surface area contributed by atoms with Crippen LogP contribution in [0.1, 0.15) is 11.1 Å². The second-order valence-electron chi connectivity index (χ2n) is 8.39. The zero-order chi connectivity index (χ0) is 25.6. The Bertz CT molecular complexity index is 1610. The number of alkyl halides is 3. The summed E-state index contributed by atoms with van der Waals surface area (Å²) >= 11 is 6.49. The van der Waals surface area contributed by atoms with E-state index in [1.165, 1.54) is 6.07 Å². The molecular formula is C28H20ClF3N2O2. The van der Waals surface area contributed by atoms with Crippen molar-refractivity contribution in [1.82, 2.24) is 4.98 Å². The maximum absolute atomic E-state index is 13.1. The standard InChI is InChI=1S/C28H20ClF3N2O2/c1-15-10-26(35-2)22(14-21(15)20-8-7-19(33)13-23(20)29)16-4-3-5-17(11-16)27-34-24-12-18(28(30,31)32)6-9-25(24)36-27/h3-14H,33H2,1-2H3. The minimum absolute atomic E-state index is 0.137. The fraction of sp³-hybridized carbons (Fsp3) is 0.107. The van der Waals surface area contributed by atoms with Gasteiger partial charge in [-0.3, -0.25) is 0 Å². The molecule has 2 N–H and O–H groups in total. The summed E-state index contributed by atoms with van der Waals surface area (Å²) < 4.78 is 50.7. The van der Waals surface area contributed by atoms with Crippen LogP contribution in [0, 0.1) is 6.92 Å². The van der Waals surface area contributed by atoms with Gasteiger partial charge in [0.1, 0.15) is 11.3 Å². The van der Waals surface area contributed by atoms with Crippen molar-refractivity contribution in [2.24, 2.45) is 0 Å². The van der Waals surface area contributed by atoms with Crippen LogP contribution in [0.5, 0.6) is 5.75 Å². The summed E-state index contributed by atoms with van der Waals surface area (Å²) in [6.07, 6.45) is -4.46. The molecule has 182 valence electrons. The number of fused-ring (bicyclic) bond motifs is 1. The fourth-order valence-corrected chi connectivity index (χ4v) is 4.45. The molecule has 0 spiro atoms. The van der Waals surface area contributed by atoms with Crippen molar-refractivity contribution in [3.63, 3.8) is 0 Å². The topological polar surface area (TPSA) is 61.3 Å². The molecule has 0 fully saturated rings. The van der Waals surface area contributed by atoms with Crippen LogP contribution in [0.25, 0.3) is 44.8 Å². The summed E-state index contributed by atoms with van der Waals surface area (Å²) in [5.74, 6) is 0.881. The molecule has 4 nitrogen and oxygen atoms in total. The molecule has 0 atom stereocenters. The minimum Gasteiger partial charge on any atom is -0.496 e. The number of nitrogens with zero attached hydrogens (tertiary/aromatic N) is 1.